The smallest absolute Gasteiger partial charge is 0.294 e. The number of ketones is 5. The second-order valence-electron chi connectivity index (χ2n) is 5.00. The molecule has 0 aliphatic rings. The molecule has 116 valence electrons. The van der Waals surface area contributed by atoms with Gasteiger partial charge in [-0.25, -0.2) is 0 Å². The van der Waals surface area contributed by atoms with E-state index in [2.05, 4.69) is 12.6 Å². The molecular formula is C16H16O5SZn+2. The fourth-order valence-electron chi connectivity index (χ4n) is 2.48. The maximum absolute atomic E-state index is 12.0. The molecule has 0 spiro atoms. The minimum atomic E-state index is -0.561. The Morgan fingerprint density at radius 3 is 0.870 bits per heavy atom. The summed E-state index contributed by atoms with van der Waals surface area (Å²) >= 11 is 4.18. The van der Waals surface area contributed by atoms with E-state index >= 15 is 0 Å². The van der Waals surface area contributed by atoms with E-state index in [1.165, 1.54) is 34.6 Å². The molecule has 7 heteroatoms. The summed E-state index contributed by atoms with van der Waals surface area (Å²) in [7, 11) is 0. The molecule has 0 unspecified atom stereocenters. The molecule has 0 aromatic heterocycles. The molecule has 23 heavy (non-hydrogen) atoms. The average Bonchev–Trinajstić information content (AvgIpc) is 2.34. The largest absolute Gasteiger partial charge is 2.00 e. The van der Waals surface area contributed by atoms with E-state index in [1.54, 1.807) is 0 Å². The number of benzene rings is 1. The first-order chi connectivity index (χ1) is 10.0. The topological polar surface area (TPSA) is 85.3 Å². The zero-order valence-electron chi connectivity index (χ0n) is 13.7. The molecule has 1 rings (SSSR count). The number of Topliss-reactive ketones (excluding diaryl/α,β-unsaturated/α-hetero) is 5. The van der Waals surface area contributed by atoms with Crippen molar-refractivity contribution >= 4 is 41.5 Å². The van der Waals surface area contributed by atoms with E-state index in [4.69, 9.17) is 0 Å². The third kappa shape index (κ3) is 3.90. The number of hydrogen-bond donors (Lipinski definition) is 1. The summed E-state index contributed by atoms with van der Waals surface area (Å²) in [5.41, 5.74) is -0.693. The fraction of sp³-hybridized carbons (Fsp3) is 0.312. The van der Waals surface area contributed by atoms with Gasteiger partial charge in [0.15, 0.2) is 28.9 Å². The van der Waals surface area contributed by atoms with E-state index in [-0.39, 0.29) is 52.2 Å². The van der Waals surface area contributed by atoms with Gasteiger partial charge in [0, 0.05) is 32.7 Å². The normalized spacial score (nSPS) is 9.83. The third-order valence-corrected chi connectivity index (χ3v) is 3.68. The first kappa shape index (κ1) is 21.5. The predicted molar refractivity (Wildman–Crippen MR) is 83.7 cm³/mol. The molecule has 0 aliphatic carbocycles. The van der Waals surface area contributed by atoms with Gasteiger partial charge in [-0.1, -0.05) is 0 Å². The van der Waals surface area contributed by atoms with Gasteiger partial charge in [-0.15, -0.1) is 12.6 Å². The summed E-state index contributed by atoms with van der Waals surface area (Å²) in [6, 6.07) is 0. The predicted octanol–water partition coefficient (Wildman–Crippen LogP) is 2.99. The van der Waals surface area contributed by atoms with Crippen LogP contribution >= 0.6 is 12.6 Å². The fourth-order valence-corrected chi connectivity index (χ4v) is 3.02. The number of carbonyl (C=O) groups is 5. The molecule has 0 radical (unpaired) electrons. The zero-order valence-corrected chi connectivity index (χ0v) is 17.6. The summed E-state index contributed by atoms with van der Waals surface area (Å²) in [5.74, 6) is -2.65. The minimum Gasteiger partial charge on any atom is -0.294 e. The van der Waals surface area contributed by atoms with Crippen molar-refractivity contribution in [3.8, 4) is 0 Å². The van der Waals surface area contributed by atoms with Crippen LogP contribution in [0.5, 0.6) is 0 Å². The Hall–Kier alpha value is -1.46. The molecule has 1 aromatic rings. The molecule has 1 aromatic carbocycles. The van der Waals surface area contributed by atoms with Crippen molar-refractivity contribution in [2.24, 2.45) is 0 Å². The van der Waals surface area contributed by atoms with Crippen LogP contribution in [0.15, 0.2) is 4.90 Å². The second-order valence-corrected chi connectivity index (χ2v) is 5.45. The minimum absolute atomic E-state index is 0. The molecule has 0 heterocycles. The SMILES string of the molecule is CC(=O)c1c(S)c(C(C)=O)c(C(C)=O)c(C(C)=O)c1C(C)=O.[Zn+2]. The number of thiol groups is 1. The molecule has 0 aliphatic heterocycles. The molecule has 0 saturated carbocycles. The van der Waals surface area contributed by atoms with Gasteiger partial charge in [0.05, 0.1) is 0 Å². The monoisotopic (exact) mass is 384 g/mol. The van der Waals surface area contributed by atoms with E-state index in [1.807, 2.05) is 0 Å². The quantitative estimate of drug-likeness (QED) is 0.478. The first-order valence-electron chi connectivity index (χ1n) is 6.49. The Morgan fingerprint density at radius 2 is 0.696 bits per heavy atom. The standard InChI is InChI=1S/C16H16O5S.Zn/c1-6(17)11-12(7(2)18)14(9(4)20)16(22)15(10(5)21)13(11)8(3)19;/h22H,1-5H3;/q;+2. The van der Waals surface area contributed by atoms with Crippen LogP contribution in [0.25, 0.3) is 0 Å². The molecule has 5 nitrogen and oxygen atoms in total. The third-order valence-electron chi connectivity index (χ3n) is 3.23. The van der Waals surface area contributed by atoms with Gasteiger partial charge in [-0.2, -0.15) is 0 Å². The van der Waals surface area contributed by atoms with Gasteiger partial charge < -0.3 is 0 Å². The van der Waals surface area contributed by atoms with E-state index in [0.29, 0.717) is 0 Å². The van der Waals surface area contributed by atoms with Crippen molar-refractivity contribution in [1.82, 2.24) is 0 Å². The van der Waals surface area contributed by atoms with Gasteiger partial charge in [0.25, 0.3) is 0 Å². The van der Waals surface area contributed by atoms with Crippen molar-refractivity contribution in [1.29, 1.82) is 0 Å². The molecule has 0 atom stereocenters. The summed E-state index contributed by atoms with van der Waals surface area (Å²) in [4.78, 5) is 59.7. The van der Waals surface area contributed by atoms with Crippen molar-refractivity contribution < 1.29 is 43.5 Å². The van der Waals surface area contributed by atoms with Gasteiger partial charge in [0.2, 0.25) is 0 Å². The van der Waals surface area contributed by atoms with Crippen LogP contribution in [0.3, 0.4) is 0 Å². The molecule has 0 fully saturated rings. The molecule has 0 bridgehead atoms. The number of rotatable bonds is 5. The molecular weight excluding hydrogens is 370 g/mol. The van der Waals surface area contributed by atoms with Gasteiger partial charge in [-0.05, 0) is 34.6 Å². The zero-order chi connectivity index (χ0) is 17.4. The molecule has 0 saturated heterocycles. The van der Waals surface area contributed by atoms with Crippen molar-refractivity contribution in [2.75, 3.05) is 0 Å². The van der Waals surface area contributed by atoms with Crippen LogP contribution in [0.4, 0.5) is 0 Å². The van der Waals surface area contributed by atoms with Crippen LogP contribution in [-0.2, 0) is 19.5 Å². The van der Waals surface area contributed by atoms with Gasteiger partial charge in [0.1, 0.15) is 0 Å². The summed E-state index contributed by atoms with van der Waals surface area (Å²) in [6.07, 6.45) is 0. The van der Waals surface area contributed by atoms with Gasteiger partial charge in [-0.3, -0.25) is 24.0 Å². The number of hydrogen-bond acceptors (Lipinski definition) is 6. The van der Waals surface area contributed by atoms with Crippen molar-refractivity contribution in [3.05, 3.63) is 27.8 Å². The maximum atomic E-state index is 12.0. The number of carbonyl (C=O) groups excluding carboxylic acids is 5. The molecule has 0 amide bonds. The Kier molecular flexibility index (Phi) is 7.39. The van der Waals surface area contributed by atoms with Crippen LogP contribution in [0, 0.1) is 0 Å². The Bertz CT molecular complexity index is 696. The summed E-state index contributed by atoms with van der Waals surface area (Å²) in [6.45, 7) is 5.99. The van der Waals surface area contributed by atoms with Crippen LogP contribution in [0.1, 0.15) is 86.4 Å². The maximum Gasteiger partial charge on any atom is 2.00 e. The van der Waals surface area contributed by atoms with Gasteiger partial charge >= 0.3 is 19.5 Å². The van der Waals surface area contributed by atoms with Crippen LogP contribution in [-0.4, -0.2) is 28.9 Å². The van der Waals surface area contributed by atoms with Crippen molar-refractivity contribution in [2.45, 2.75) is 39.5 Å². The Morgan fingerprint density at radius 1 is 0.522 bits per heavy atom. The molecule has 0 N–H and O–H groups in total. The first-order valence-corrected chi connectivity index (χ1v) is 6.94. The van der Waals surface area contributed by atoms with E-state index in [0.717, 1.165) is 0 Å². The van der Waals surface area contributed by atoms with Crippen LogP contribution < -0.4 is 0 Å². The van der Waals surface area contributed by atoms with E-state index in [9.17, 15) is 24.0 Å². The summed E-state index contributed by atoms with van der Waals surface area (Å²) < 4.78 is 0. The van der Waals surface area contributed by atoms with E-state index < -0.39 is 28.9 Å². The van der Waals surface area contributed by atoms with Crippen molar-refractivity contribution in [3.63, 3.8) is 0 Å². The van der Waals surface area contributed by atoms with Crippen LogP contribution in [0.2, 0.25) is 0 Å². The summed E-state index contributed by atoms with van der Waals surface area (Å²) in [5, 5.41) is 0. The Balaban J connectivity index is 0.00000484. The average molecular weight is 386 g/mol. The second kappa shape index (κ2) is 7.89. The Labute approximate surface area is 152 Å².